The normalized spacial score (nSPS) is 17.0. The first-order valence-corrected chi connectivity index (χ1v) is 7.58. The molecule has 0 spiro atoms. The van der Waals surface area contributed by atoms with E-state index in [0.717, 1.165) is 24.1 Å². The van der Waals surface area contributed by atoms with Gasteiger partial charge in [0.25, 0.3) is 5.91 Å². The van der Waals surface area contributed by atoms with Gasteiger partial charge in [-0.3, -0.25) is 4.79 Å². The van der Waals surface area contributed by atoms with Crippen molar-refractivity contribution in [2.24, 2.45) is 0 Å². The molecule has 2 N–H and O–H groups in total. The minimum Gasteiger partial charge on any atom is -0.368 e. The first kappa shape index (κ1) is 15.4. The van der Waals surface area contributed by atoms with Crippen LogP contribution in [0.25, 0.3) is 0 Å². The van der Waals surface area contributed by atoms with E-state index in [1.165, 1.54) is 6.07 Å². The molecule has 1 aromatic heterocycles. The van der Waals surface area contributed by atoms with Crippen molar-refractivity contribution in [2.45, 2.75) is 25.5 Å². The van der Waals surface area contributed by atoms with E-state index in [-0.39, 0.29) is 12.0 Å². The summed E-state index contributed by atoms with van der Waals surface area (Å²) < 4.78 is 18.4. The molecule has 1 amide bonds. The minimum atomic E-state index is -0.521. The van der Waals surface area contributed by atoms with Crippen LogP contribution in [0.4, 0.5) is 15.9 Å². The van der Waals surface area contributed by atoms with Crippen molar-refractivity contribution < 1.29 is 13.9 Å². The zero-order valence-electron chi connectivity index (χ0n) is 12.6. The Kier molecular flexibility index (Phi) is 4.83. The Morgan fingerprint density at radius 2 is 2.17 bits per heavy atom. The molecule has 23 heavy (non-hydrogen) atoms. The van der Waals surface area contributed by atoms with Gasteiger partial charge < -0.3 is 15.4 Å². The molecule has 2 heterocycles. The average Bonchev–Trinajstić information content (AvgIpc) is 3.08. The fourth-order valence-corrected chi connectivity index (χ4v) is 2.47. The van der Waals surface area contributed by atoms with Crippen LogP contribution in [0.15, 0.2) is 42.5 Å². The summed E-state index contributed by atoms with van der Waals surface area (Å²) in [5.41, 5.74) is 1.68. The minimum absolute atomic E-state index is 0.112. The zero-order valence-corrected chi connectivity index (χ0v) is 12.6. The van der Waals surface area contributed by atoms with E-state index >= 15 is 0 Å². The summed E-state index contributed by atoms with van der Waals surface area (Å²) in [7, 11) is 0. The molecule has 0 aliphatic carbocycles. The van der Waals surface area contributed by atoms with Crippen LogP contribution < -0.4 is 10.6 Å². The summed E-state index contributed by atoms with van der Waals surface area (Å²) in [6.07, 6.45) is 1.33. The highest BCUT2D eigenvalue weighted by atomic mass is 19.1. The topological polar surface area (TPSA) is 63.2 Å². The van der Waals surface area contributed by atoms with E-state index in [9.17, 15) is 9.18 Å². The summed E-state index contributed by atoms with van der Waals surface area (Å²) in [6, 6.07) is 12.1. The highest BCUT2D eigenvalue weighted by Crippen LogP contribution is 2.17. The van der Waals surface area contributed by atoms with Crippen LogP contribution in [-0.4, -0.2) is 23.6 Å². The van der Waals surface area contributed by atoms with E-state index in [0.29, 0.717) is 19.0 Å². The molecule has 0 radical (unpaired) electrons. The SMILES string of the molecule is O=C(Nc1cccc(CNc2cccc(F)n2)c1)[C@@H]1CCCO1. The first-order valence-electron chi connectivity index (χ1n) is 7.58. The fourth-order valence-electron chi connectivity index (χ4n) is 2.47. The third-order valence-corrected chi connectivity index (χ3v) is 3.61. The van der Waals surface area contributed by atoms with E-state index in [1.54, 1.807) is 12.1 Å². The smallest absolute Gasteiger partial charge is 0.253 e. The Morgan fingerprint density at radius 1 is 1.30 bits per heavy atom. The monoisotopic (exact) mass is 315 g/mol. The molecule has 1 saturated heterocycles. The van der Waals surface area contributed by atoms with Crippen LogP contribution in [0.5, 0.6) is 0 Å². The van der Waals surface area contributed by atoms with Crippen molar-refractivity contribution in [2.75, 3.05) is 17.2 Å². The molecule has 3 rings (SSSR count). The molecule has 1 fully saturated rings. The summed E-state index contributed by atoms with van der Waals surface area (Å²) in [4.78, 5) is 15.8. The quantitative estimate of drug-likeness (QED) is 0.833. The van der Waals surface area contributed by atoms with Crippen LogP contribution >= 0.6 is 0 Å². The molecule has 2 aromatic rings. The number of hydrogen-bond acceptors (Lipinski definition) is 4. The number of carbonyl (C=O) groups excluding carboxylic acids is 1. The number of nitrogens with zero attached hydrogens (tertiary/aromatic N) is 1. The summed E-state index contributed by atoms with van der Waals surface area (Å²) >= 11 is 0. The van der Waals surface area contributed by atoms with Crippen molar-refractivity contribution in [1.82, 2.24) is 4.98 Å². The molecule has 6 heteroatoms. The maximum absolute atomic E-state index is 13.0. The van der Waals surface area contributed by atoms with Gasteiger partial charge in [-0.15, -0.1) is 0 Å². The predicted molar refractivity (Wildman–Crippen MR) is 85.6 cm³/mol. The van der Waals surface area contributed by atoms with Crippen molar-refractivity contribution in [3.8, 4) is 0 Å². The van der Waals surface area contributed by atoms with Gasteiger partial charge in [0.2, 0.25) is 5.95 Å². The average molecular weight is 315 g/mol. The number of rotatable bonds is 5. The molecular formula is C17H18FN3O2. The van der Waals surface area contributed by atoms with Gasteiger partial charge in [0.1, 0.15) is 11.9 Å². The van der Waals surface area contributed by atoms with Crippen molar-refractivity contribution in [1.29, 1.82) is 0 Å². The van der Waals surface area contributed by atoms with Crippen molar-refractivity contribution in [3.63, 3.8) is 0 Å². The number of aromatic nitrogens is 1. The van der Waals surface area contributed by atoms with Crippen molar-refractivity contribution >= 4 is 17.4 Å². The van der Waals surface area contributed by atoms with Gasteiger partial charge in [0.05, 0.1) is 0 Å². The lowest BCUT2D eigenvalue weighted by Gasteiger charge is -2.12. The highest BCUT2D eigenvalue weighted by molar-refractivity contribution is 5.94. The van der Waals surface area contributed by atoms with Crippen LogP contribution in [0, 0.1) is 5.95 Å². The van der Waals surface area contributed by atoms with Gasteiger partial charge in [0, 0.05) is 18.8 Å². The second-order valence-electron chi connectivity index (χ2n) is 5.39. The maximum atomic E-state index is 13.0. The number of anilines is 2. The molecule has 120 valence electrons. The number of benzene rings is 1. The molecule has 1 aromatic carbocycles. The first-order chi connectivity index (χ1) is 11.2. The molecular weight excluding hydrogens is 297 g/mol. The number of carbonyl (C=O) groups is 1. The Balaban J connectivity index is 1.59. The number of nitrogens with one attached hydrogen (secondary N) is 2. The molecule has 0 saturated carbocycles. The van der Waals surface area contributed by atoms with Gasteiger partial charge in [-0.05, 0) is 42.7 Å². The Labute approximate surface area is 133 Å². The van der Waals surface area contributed by atoms with Crippen LogP contribution in [0.2, 0.25) is 0 Å². The Bertz CT molecular complexity index is 687. The van der Waals surface area contributed by atoms with Gasteiger partial charge in [-0.2, -0.15) is 4.39 Å². The second-order valence-corrected chi connectivity index (χ2v) is 5.39. The Morgan fingerprint density at radius 3 is 2.96 bits per heavy atom. The summed E-state index contributed by atoms with van der Waals surface area (Å²) in [5, 5.41) is 5.91. The third-order valence-electron chi connectivity index (χ3n) is 3.61. The van der Waals surface area contributed by atoms with Gasteiger partial charge in [0.15, 0.2) is 0 Å². The summed E-state index contributed by atoms with van der Waals surface area (Å²) in [6.45, 7) is 1.13. The molecule has 1 aliphatic heterocycles. The number of amides is 1. The van der Waals surface area contributed by atoms with Crippen LogP contribution in [0.3, 0.4) is 0 Å². The second kappa shape index (κ2) is 7.19. The molecule has 1 aliphatic rings. The van der Waals surface area contributed by atoms with Gasteiger partial charge in [-0.25, -0.2) is 4.98 Å². The summed E-state index contributed by atoms with van der Waals surface area (Å²) in [5.74, 6) is -0.161. The van der Waals surface area contributed by atoms with Gasteiger partial charge in [-0.1, -0.05) is 18.2 Å². The highest BCUT2D eigenvalue weighted by Gasteiger charge is 2.23. The largest absolute Gasteiger partial charge is 0.368 e. The number of ether oxygens (including phenoxy) is 1. The lowest BCUT2D eigenvalue weighted by Crippen LogP contribution is -2.26. The van der Waals surface area contributed by atoms with E-state index < -0.39 is 5.95 Å². The molecule has 5 nitrogen and oxygen atoms in total. The predicted octanol–water partition coefficient (Wildman–Crippen LogP) is 2.95. The van der Waals surface area contributed by atoms with E-state index in [2.05, 4.69) is 15.6 Å². The van der Waals surface area contributed by atoms with Crippen LogP contribution in [-0.2, 0) is 16.1 Å². The number of pyridine rings is 1. The van der Waals surface area contributed by atoms with Crippen LogP contribution in [0.1, 0.15) is 18.4 Å². The number of hydrogen-bond donors (Lipinski definition) is 2. The standard InChI is InChI=1S/C17H18FN3O2/c18-15-7-2-8-16(21-15)19-11-12-4-1-5-13(10-12)20-17(22)14-6-3-9-23-14/h1-2,4-5,7-8,10,14H,3,6,9,11H2,(H,19,21)(H,20,22)/t14-/m0/s1. The lowest BCUT2D eigenvalue weighted by atomic mass is 10.2. The van der Waals surface area contributed by atoms with E-state index in [4.69, 9.17) is 4.74 Å². The van der Waals surface area contributed by atoms with Crippen molar-refractivity contribution in [3.05, 3.63) is 54.0 Å². The number of halogens is 1. The van der Waals surface area contributed by atoms with E-state index in [1.807, 2.05) is 24.3 Å². The molecule has 1 atom stereocenters. The zero-order chi connectivity index (χ0) is 16.1. The van der Waals surface area contributed by atoms with Gasteiger partial charge >= 0.3 is 0 Å². The third kappa shape index (κ3) is 4.26. The molecule has 0 unspecified atom stereocenters. The Hall–Kier alpha value is -2.47. The molecule has 0 bridgehead atoms. The maximum Gasteiger partial charge on any atom is 0.253 e. The fraction of sp³-hybridized carbons (Fsp3) is 0.294. The lowest BCUT2D eigenvalue weighted by molar-refractivity contribution is -0.124.